The first-order chi connectivity index (χ1) is 6.16. The number of rotatable bonds is 4. The van der Waals surface area contributed by atoms with Crippen molar-refractivity contribution in [3.05, 3.63) is 0 Å². The van der Waals surface area contributed by atoms with E-state index in [-0.39, 0.29) is 0 Å². The molecular weight excluding hydrogens is 184 g/mol. The van der Waals surface area contributed by atoms with Gasteiger partial charge in [0, 0.05) is 0 Å². The lowest BCUT2D eigenvalue weighted by molar-refractivity contribution is -0.168. The van der Waals surface area contributed by atoms with Crippen LogP contribution in [-0.2, 0) is 9.53 Å². The second-order valence-electron chi connectivity index (χ2n) is 4.67. The summed E-state index contributed by atoms with van der Waals surface area (Å²) in [6.45, 7) is 8.61. The highest BCUT2D eigenvalue weighted by atomic mass is 16.5. The fourth-order valence-corrected chi connectivity index (χ4v) is 0.961. The molecule has 0 bridgehead atoms. The van der Waals surface area contributed by atoms with Crippen molar-refractivity contribution in [2.24, 2.45) is 5.41 Å². The molecule has 0 aliphatic carbocycles. The maximum Gasteiger partial charge on any atom is 0.333 e. The maximum atomic E-state index is 10.9. The molecule has 14 heavy (non-hydrogen) atoms. The summed E-state index contributed by atoms with van der Waals surface area (Å²) in [5.74, 6) is -0.995. The van der Waals surface area contributed by atoms with Crippen LogP contribution in [0.25, 0.3) is 0 Å². The smallest absolute Gasteiger partial charge is 0.333 e. The van der Waals surface area contributed by atoms with Gasteiger partial charge in [0.15, 0.2) is 6.10 Å². The van der Waals surface area contributed by atoms with E-state index in [4.69, 9.17) is 9.84 Å². The standard InChI is InChI=1S/C10H20O4/c1-6(11)7(2)14-8(9(12)13)10(3,4)5/h6-8,11H,1-5H3,(H,12,13). The average Bonchev–Trinajstić information content (AvgIpc) is 1.96. The molecule has 84 valence electrons. The van der Waals surface area contributed by atoms with Gasteiger partial charge in [0.25, 0.3) is 0 Å². The number of ether oxygens (including phenoxy) is 1. The molecule has 0 saturated heterocycles. The number of hydrogen-bond acceptors (Lipinski definition) is 3. The highest BCUT2D eigenvalue weighted by molar-refractivity contribution is 5.73. The SMILES string of the molecule is CC(O)C(C)OC(C(=O)O)C(C)(C)C. The predicted octanol–water partition coefficient (Wildman–Crippen LogP) is 1.27. The van der Waals surface area contributed by atoms with Crippen LogP contribution in [0.1, 0.15) is 34.6 Å². The number of carboxylic acid groups (broad SMARTS) is 1. The van der Waals surface area contributed by atoms with Crippen LogP contribution in [0.4, 0.5) is 0 Å². The van der Waals surface area contributed by atoms with Crippen LogP contribution < -0.4 is 0 Å². The number of hydrogen-bond donors (Lipinski definition) is 2. The number of aliphatic hydroxyl groups is 1. The zero-order chi connectivity index (χ0) is 11.5. The first-order valence-corrected chi connectivity index (χ1v) is 4.72. The van der Waals surface area contributed by atoms with Crippen LogP contribution in [0, 0.1) is 5.41 Å². The van der Waals surface area contributed by atoms with Gasteiger partial charge in [0.05, 0.1) is 12.2 Å². The summed E-state index contributed by atoms with van der Waals surface area (Å²) >= 11 is 0. The third kappa shape index (κ3) is 4.07. The minimum absolute atomic E-state index is 0.477. The summed E-state index contributed by atoms with van der Waals surface area (Å²) in [6.07, 6.45) is -2.04. The molecule has 2 N–H and O–H groups in total. The monoisotopic (exact) mass is 204 g/mol. The van der Waals surface area contributed by atoms with Crippen molar-refractivity contribution in [3.63, 3.8) is 0 Å². The highest BCUT2D eigenvalue weighted by Gasteiger charge is 2.34. The molecule has 0 radical (unpaired) electrons. The topological polar surface area (TPSA) is 66.8 Å². The van der Waals surface area contributed by atoms with E-state index in [1.54, 1.807) is 34.6 Å². The van der Waals surface area contributed by atoms with Gasteiger partial charge in [-0.15, -0.1) is 0 Å². The van der Waals surface area contributed by atoms with Crippen molar-refractivity contribution in [2.45, 2.75) is 52.9 Å². The molecule has 4 nitrogen and oxygen atoms in total. The Hall–Kier alpha value is -0.610. The van der Waals surface area contributed by atoms with Crippen LogP contribution in [0.2, 0.25) is 0 Å². The Labute approximate surface area is 84.9 Å². The van der Waals surface area contributed by atoms with Crippen LogP contribution in [0.3, 0.4) is 0 Å². The summed E-state index contributed by atoms with van der Waals surface area (Å²) in [4.78, 5) is 10.9. The molecule has 0 rings (SSSR count). The van der Waals surface area contributed by atoms with Gasteiger partial charge in [0.2, 0.25) is 0 Å². The summed E-state index contributed by atoms with van der Waals surface area (Å²) < 4.78 is 5.29. The molecule has 0 aliphatic heterocycles. The fourth-order valence-electron chi connectivity index (χ4n) is 0.961. The van der Waals surface area contributed by atoms with E-state index in [1.165, 1.54) is 0 Å². The Balaban J connectivity index is 4.48. The third-order valence-electron chi connectivity index (χ3n) is 2.04. The van der Waals surface area contributed by atoms with Crippen molar-refractivity contribution in [3.8, 4) is 0 Å². The summed E-state index contributed by atoms with van der Waals surface area (Å²) in [5.41, 5.74) is -0.477. The molecule has 0 aromatic carbocycles. The molecule has 0 heterocycles. The first-order valence-electron chi connectivity index (χ1n) is 4.72. The summed E-state index contributed by atoms with van der Waals surface area (Å²) in [5, 5.41) is 18.1. The van der Waals surface area contributed by atoms with Crippen LogP contribution >= 0.6 is 0 Å². The normalized spacial score (nSPS) is 18.7. The molecule has 3 atom stereocenters. The Bertz CT molecular complexity index is 193. The van der Waals surface area contributed by atoms with Gasteiger partial charge in [-0.05, 0) is 19.3 Å². The van der Waals surface area contributed by atoms with Gasteiger partial charge >= 0.3 is 5.97 Å². The van der Waals surface area contributed by atoms with Gasteiger partial charge in [-0.25, -0.2) is 4.79 Å². The lowest BCUT2D eigenvalue weighted by Crippen LogP contribution is -2.41. The molecule has 4 heteroatoms. The molecule has 0 saturated carbocycles. The Morgan fingerprint density at radius 3 is 1.93 bits per heavy atom. The van der Waals surface area contributed by atoms with Gasteiger partial charge in [-0.1, -0.05) is 20.8 Å². The van der Waals surface area contributed by atoms with Crippen LogP contribution in [-0.4, -0.2) is 34.5 Å². The quantitative estimate of drug-likeness (QED) is 0.723. The zero-order valence-corrected chi connectivity index (χ0v) is 9.44. The minimum atomic E-state index is -0.995. The molecule has 0 aromatic rings. The highest BCUT2D eigenvalue weighted by Crippen LogP contribution is 2.24. The number of aliphatic carboxylic acids is 1. The molecule has 0 aliphatic rings. The Morgan fingerprint density at radius 1 is 1.29 bits per heavy atom. The Kier molecular flexibility index (Phi) is 4.55. The number of carbonyl (C=O) groups is 1. The predicted molar refractivity (Wildman–Crippen MR) is 53.1 cm³/mol. The molecule has 0 amide bonds. The van der Waals surface area contributed by atoms with E-state index in [2.05, 4.69) is 0 Å². The second kappa shape index (κ2) is 4.75. The van der Waals surface area contributed by atoms with Crippen molar-refractivity contribution in [2.75, 3.05) is 0 Å². The van der Waals surface area contributed by atoms with E-state index >= 15 is 0 Å². The van der Waals surface area contributed by atoms with Crippen molar-refractivity contribution in [1.29, 1.82) is 0 Å². The Morgan fingerprint density at radius 2 is 1.71 bits per heavy atom. The van der Waals surface area contributed by atoms with Crippen molar-refractivity contribution in [1.82, 2.24) is 0 Å². The second-order valence-corrected chi connectivity index (χ2v) is 4.67. The van der Waals surface area contributed by atoms with Gasteiger partial charge < -0.3 is 14.9 Å². The molecule has 0 spiro atoms. The van der Waals surface area contributed by atoms with Gasteiger partial charge in [-0.3, -0.25) is 0 Å². The van der Waals surface area contributed by atoms with Crippen molar-refractivity contribution < 1.29 is 19.7 Å². The van der Waals surface area contributed by atoms with Gasteiger partial charge in [0.1, 0.15) is 0 Å². The maximum absolute atomic E-state index is 10.9. The van der Waals surface area contributed by atoms with E-state index in [0.29, 0.717) is 0 Å². The van der Waals surface area contributed by atoms with E-state index < -0.39 is 29.7 Å². The largest absolute Gasteiger partial charge is 0.479 e. The molecular formula is C10H20O4. The zero-order valence-electron chi connectivity index (χ0n) is 9.44. The molecule has 3 unspecified atom stereocenters. The summed E-state index contributed by atoms with van der Waals surface area (Å²) in [6, 6.07) is 0. The molecule has 0 aromatic heterocycles. The third-order valence-corrected chi connectivity index (χ3v) is 2.04. The average molecular weight is 204 g/mol. The fraction of sp³-hybridized carbons (Fsp3) is 0.900. The van der Waals surface area contributed by atoms with Crippen molar-refractivity contribution >= 4 is 5.97 Å². The lowest BCUT2D eigenvalue weighted by atomic mass is 9.89. The number of aliphatic hydroxyl groups excluding tert-OH is 1. The molecule has 0 fully saturated rings. The first kappa shape index (κ1) is 13.4. The van der Waals surface area contributed by atoms with Crippen LogP contribution in [0.15, 0.2) is 0 Å². The van der Waals surface area contributed by atoms with Gasteiger partial charge in [-0.2, -0.15) is 0 Å². The summed E-state index contributed by atoms with van der Waals surface area (Å²) in [7, 11) is 0. The number of carboxylic acids is 1. The van der Waals surface area contributed by atoms with Crippen LogP contribution in [0.5, 0.6) is 0 Å². The van der Waals surface area contributed by atoms with E-state index in [0.717, 1.165) is 0 Å². The van der Waals surface area contributed by atoms with E-state index in [9.17, 15) is 9.90 Å². The minimum Gasteiger partial charge on any atom is -0.479 e. The lowest BCUT2D eigenvalue weighted by Gasteiger charge is -2.30. The van der Waals surface area contributed by atoms with E-state index in [1.807, 2.05) is 0 Å².